The van der Waals surface area contributed by atoms with Gasteiger partial charge in [-0.25, -0.2) is 0 Å². The highest BCUT2D eigenvalue weighted by molar-refractivity contribution is 6.06. The van der Waals surface area contributed by atoms with E-state index in [1.54, 1.807) is 0 Å². The number of hydrogen-bond acceptors (Lipinski definition) is 3. The van der Waals surface area contributed by atoms with Gasteiger partial charge in [0.15, 0.2) is 0 Å². The van der Waals surface area contributed by atoms with Gasteiger partial charge < -0.3 is 15.1 Å². The maximum Gasteiger partial charge on any atom is 0.250 e. The van der Waals surface area contributed by atoms with Crippen molar-refractivity contribution < 1.29 is 4.79 Å². The van der Waals surface area contributed by atoms with Crippen LogP contribution in [-0.4, -0.2) is 38.6 Å². The fourth-order valence-electron chi connectivity index (χ4n) is 3.16. The van der Waals surface area contributed by atoms with Crippen LogP contribution in [0.2, 0.25) is 0 Å². The van der Waals surface area contributed by atoms with E-state index in [1.165, 1.54) is 11.3 Å². The van der Waals surface area contributed by atoms with Crippen LogP contribution < -0.4 is 15.1 Å². The smallest absolute Gasteiger partial charge is 0.250 e. The standard InChI is InChI=1S/C15H21N3O/c1-10(2)11-5-4-6-12-14(11)17(3)15(19)13-9-16-7-8-18(12)13/h4-6,10,13,16H,7-9H2,1-3H3. The van der Waals surface area contributed by atoms with Crippen molar-refractivity contribution in [2.75, 3.05) is 36.5 Å². The van der Waals surface area contributed by atoms with Crippen LogP contribution in [0.1, 0.15) is 25.3 Å². The van der Waals surface area contributed by atoms with Gasteiger partial charge in [-0.15, -0.1) is 0 Å². The molecule has 3 rings (SSSR count). The molecule has 1 aromatic carbocycles. The number of piperazine rings is 1. The molecule has 1 unspecified atom stereocenters. The normalized spacial score (nSPS) is 22.5. The van der Waals surface area contributed by atoms with Gasteiger partial charge in [0.2, 0.25) is 0 Å². The molecule has 19 heavy (non-hydrogen) atoms. The van der Waals surface area contributed by atoms with Crippen molar-refractivity contribution >= 4 is 17.3 Å². The Hall–Kier alpha value is -1.55. The third-order valence-corrected chi connectivity index (χ3v) is 4.17. The Morgan fingerprint density at radius 2 is 2.16 bits per heavy atom. The molecule has 0 radical (unpaired) electrons. The maximum absolute atomic E-state index is 12.5. The summed E-state index contributed by atoms with van der Waals surface area (Å²) in [4.78, 5) is 16.7. The number of rotatable bonds is 1. The zero-order valence-electron chi connectivity index (χ0n) is 11.8. The minimum Gasteiger partial charge on any atom is -0.355 e. The van der Waals surface area contributed by atoms with Gasteiger partial charge in [-0.1, -0.05) is 26.0 Å². The highest BCUT2D eigenvalue weighted by atomic mass is 16.2. The Balaban J connectivity index is 2.16. The molecule has 2 aliphatic rings. The molecular formula is C15H21N3O. The zero-order chi connectivity index (χ0) is 13.6. The summed E-state index contributed by atoms with van der Waals surface area (Å²) < 4.78 is 0. The average Bonchev–Trinajstić information content (AvgIpc) is 2.44. The monoisotopic (exact) mass is 259 g/mol. The van der Waals surface area contributed by atoms with Gasteiger partial charge in [0.1, 0.15) is 6.04 Å². The molecule has 1 atom stereocenters. The van der Waals surface area contributed by atoms with Gasteiger partial charge in [-0.05, 0) is 17.5 Å². The van der Waals surface area contributed by atoms with E-state index in [2.05, 4.69) is 42.3 Å². The van der Waals surface area contributed by atoms with Crippen LogP contribution in [0.3, 0.4) is 0 Å². The van der Waals surface area contributed by atoms with Crippen molar-refractivity contribution in [3.8, 4) is 0 Å². The van der Waals surface area contributed by atoms with Crippen molar-refractivity contribution in [2.45, 2.75) is 25.8 Å². The molecule has 1 amide bonds. The number of anilines is 2. The Labute approximate surface area is 114 Å². The molecule has 0 aliphatic carbocycles. The third-order valence-electron chi connectivity index (χ3n) is 4.17. The van der Waals surface area contributed by atoms with E-state index in [0.717, 1.165) is 25.3 Å². The second-order valence-electron chi connectivity index (χ2n) is 5.68. The minimum atomic E-state index is -0.0475. The molecular weight excluding hydrogens is 238 g/mol. The van der Waals surface area contributed by atoms with Crippen LogP contribution in [0.4, 0.5) is 11.4 Å². The number of carbonyl (C=O) groups excluding carboxylic acids is 1. The summed E-state index contributed by atoms with van der Waals surface area (Å²) in [6, 6.07) is 6.34. The van der Waals surface area contributed by atoms with E-state index in [-0.39, 0.29) is 11.9 Å². The van der Waals surface area contributed by atoms with E-state index in [0.29, 0.717) is 5.92 Å². The Bertz CT molecular complexity index is 512. The Morgan fingerprint density at radius 1 is 1.37 bits per heavy atom. The van der Waals surface area contributed by atoms with Crippen LogP contribution in [0, 0.1) is 0 Å². The van der Waals surface area contributed by atoms with Crippen molar-refractivity contribution in [3.05, 3.63) is 23.8 Å². The van der Waals surface area contributed by atoms with Crippen LogP contribution in [0.5, 0.6) is 0 Å². The van der Waals surface area contributed by atoms with Crippen LogP contribution in [0.25, 0.3) is 0 Å². The van der Waals surface area contributed by atoms with E-state index < -0.39 is 0 Å². The van der Waals surface area contributed by atoms with Crippen molar-refractivity contribution in [3.63, 3.8) is 0 Å². The molecule has 0 spiro atoms. The van der Waals surface area contributed by atoms with Gasteiger partial charge in [0.05, 0.1) is 11.4 Å². The lowest BCUT2D eigenvalue weighted by molar-refractivity contribution is -0.120. The Kier molecular flexibility index (Phi) is 2.97. The number of carbonyl (C=O) groups is 1. The SMILES string of the molecule is CC(C)c1cccc2c1N(C)C(=O)C1CNCCN21. The molecule has 2 aliphatic heterocycles. The average molecular weight is 259 g/mol. The van der Waals surface area contributed by atoms with E-state index in [1.807, 2.05) is 11.9 Å². The first-order valence-corrected chi connectivity index (χ1v) is 6.99. The molecule has 1 aromatic rings. The predicted octanol–water partition coefficient (Wildman–Crippen LogP) is 1.56. The number of fused-ring (bicyclic) bond motifs is 3. The van der Waals surface area contributed by atoms with E-state index in [9.17, 15) is 4.79 Å². The van der Waals surface area contributed by atoms with Gasteiger partial charge >= 0.3 is 0 Å². The molecule has 1 saturated heterocycles. The van der Waals surface area contributed by atoms with Crippen molar-refractivity contribution in [1.29, 1.82) is 0 Å². The topological polar surface area (TPSA) is 35.6 Å². The lowest BCUT2D eigenvalue weighted by Crippen LogP contribution is -2.61. The maximum atomic E-state index is 12.5. The second kappa shape index (κ2) is 4.53. The summed E-state index contributed by atoms with van der Waals surface area (Å²) in [5.41, 5.74) is 3.56. The summed E-state index contributed by atoms with van der Waals surface area (Å²) in [7, 11) is 1.90. The first-order valence-electron chi connectivity index (χ1n) is 6.99. The number of nitrogens with zero attached hydrogens (tertiary/aromatic N) is 2. The summed E-state index contributed by atoms with van der Waals surface area (Å²) in [6.45, 7) is 6.95. The molecule has 102 valence electrons. The Morgan fingerprint density at radius 3 is 2.89 bits per heavy atom. The van der Waals surface area contributed by atoms with Crippen LogP contribution >= 0.6 is 0 Å². The minimum absolute atomic E-state index is 0.0475. The largest absolute Gasteiger partial charge is 0.355 e. The number of benzene rings is 1. The number of likely N-dealkylation sites (N-methyl/N-ethyl adjacent to an activating group) is 1. The van der Waals surface area contributed by atoms with Gasteiger partial charge in [-0.3, -0.25) is 4.79 Å². The molecule has 4 heteroatoms. The molecule has 4 nitrogen and oxygen atoms in total. The van der Waals surface area contributed by atoms with Gasteiger partial charge in [0.25, 0.3) is 5.91 Å². The summed E-state index contributed by atoms with van der Waals surface area (Å²) >= 11 is 0. The zero-order valence-corrected chi connectivity index (χ0v) is 11.8. The first-order chi connectivity index (χ1) is 9.11. The lowest BCUT2D eigenvalue weighted by atomic mass is 9.95. The number of amides is 1. The van der Waals surface area contributed by atoms with Crippen LogP contribution in [-0.2, 0) is 4.79 Å². The number of para-hydroxylation sites is 1. The van der Waals surface area contributed by atoms with Gasteiger partial charge in [0, 0.05) is 26.7 Å². The molecule has 1 N–H and O–H groups in total. The fraction of sp³-hybridized carbons (Fsp3) is 0.533. The summed E-state index contributed by atoms with van der Waals surface area (Å²) in [5.74, 6) is 0.623. The molecule has 0 aromatic heterocycles. The molecule has 2 heterocycles. The fourth-order valence-corrected chi connectivity index (χ4v) is 3.16. The number of nitrogens with one attached hydrogen (secondary N) is 1. The first kappa shape index (κ1) is 12.5. The highest BCUT2D eigenvalue weighted by Gasteiger charge is 2.38. The van der Waals surface area contributed by atoms with Gasteiger partial charge in [-0.2, -0.15) is 0 Å². The molecule has 0 bridgehead atoms. The van der Waals surface area contributed by atoms with Crippen molar-refractivity contribution in [1.82, 2.24) is 5.32 Å². The number of hydrogen-bond donors (Lipinski definition) is 1. The molecule has 1 fully saturated rings. The lowest BCUT2D eigenvalue weighted by Gasteiger charge is -2.45. The second-order valence-corrected chi connectivity index (χ2v) is 5.68. The van der Waals surface area contributed by atoms with Crippen molar-refractivity contribution in [2.24, 2.45) is 0 Å². The third kappa shape index (κ3) is 1.82. The summed E-state index contributed by atoms with van der Waals surface area (Å²) in [5, 5.41) is 3.31. The quantitative estimate of drug-likeness (QED) is 0.831. The van der Waals surface area contributed by atoms with Crippen LogP contribution in [0.15, 0.2) is 18.2 Å². The molecule has 0 saturated carbocycles. The van der Waals surface area contributed by atoms with E-state index in [4.69, 9.17) is 0 Å². The summed E-state index contributed by atoms with van der Waals surface area (Å²) in [6.07, 6.45) is 0. The predicted molar refractivity (Wildman–Crippen MR) is 77.9 cm³/mol. The van der Waals surface area contributed by atoms with E-state index >= 15 is 0 Å². The highest BCUT2D eigenvalue weighted by Crippen LogP contribution is 2.41.